The van der Waals surface area contributed by atoms with Gasteiger partial charge in [-0.1, -0.05) is 48.6 Å². The number of aromatic nitrogens is 1. The molecular formula is C17H17NO2S2. The van der Waals surface area contributed by atoms with Gasteiger partial charge < -0.3 is 0 Å². The summed E-state index contributed by atoms with van der Waals surface area (Å²) in [7, 11) is -3.37. The first kappa shape index (κ1) is 15.2. The van der Waals surface area contributed by atoms with E-state index in [0.717, 1.165) is 24.0 Å². The lowest BCUT2D eigenvalue weighted by molar-refractivity contribution is 0.587. The standard InChI is InChI=1S/C17H17NO2S2/c19-22(20,13-16-18-11-12-21-16)17(14-7-3-1-4-8-14)15-9-5-2-6-10-15/h1,3-5,7-12,17H,2,6,13H2. The molecule has 0 saturated heterocycles. The van der Waals surface area contributed by atoms with Gasteiger partial charge in [-0.15, -0.1) is 11.3 Å². The summed E-state index contributed by atoms with van der Waals surface area (Å²) < 4.78 is 26.0. The van der Waals surface area contributed by atoms with Crippen LogP contribution in [0, 0.1) is 0 Å². The molecule has 114 valence electrons. The molecule has 3 nitrogen and oxygen atoms in total. The molecule has 0 aliphatic heterocycles. The second-order valence-corrected chi connectivity index (χ2v) is 8.27. The maximum atomic E-state index is 13.0. The van der Waals surface area contributed by atoms with Gasteiger partial charge in [-0.25, -0.2) is 13.4 Å². The van der Waals surface area contributed by atoms with Crippen molar-refractivity contribution in [3.8, 4) is 0 Å². The average Bonchev–Trinajstić information content (AvgIpc) is 3.01. The highest BCUT2D eigenvalue weighted by Gasteiger charge is 2.30. The van der Waals surface area contributed by atoms with Crippen LogP contribution in [0.2, 0.25) is 0 Å². The predicted octanol–water partition coefficient (Wildman–Crippen LogP) is 4.08. The lowest BCUT2D eigenvalue weighted by atomic mass is 9.99. The minimum atomic E-state index is -3.37. The Labute approximate surface area is 135 Å². The summed E-state index contributed by atoms with van der Waals surface area (Å²) >= 11 is 1.38. The van der Waals surface area contributed by atoms with Gasteiger partial charge in [0, 0.05) is 11.6 Å². The van der Waals surface area contributed by atoms with E-state index in [1.807, 2.05) is 53.9 Å². The Bertz CT molecular complexity index is 775. The maximum absolute atomic E-state index is 13.0. The van der Waals surface area contributed by atoms with E-state index in [0.29, 0.717) is 5.01 Å². The molecule has 0 bridgehead atoms. The number of allylic oxidation sites excluding steroid dienone is 3. The van der Waals surface area contributed by atoms with Gasteiger partial charge in [0.15, 0.2) is 9.84 Å². The summed E-state index contributed by atoms with van der Waals surface area (Å²) in [6, 6.07) is 9.43. The zero-order valence-corrected chi connectivity index (χ0v) is 13.7. The van der Waals surface area contributed by atoms with E-state index in [1.165, 1.54) is 11.3 Å². The van der Waals surface area contributed by atoms with Crippen molar-refractivity contribution in [2.75, 3.05) is 0 Å². The molecule has 0 fully saturated rings. The number of nitrogens with zero attached hydrogens (tertiary/aromatic N) is 1. The van der Waals surface area contributed by atoms with E-state index < -0.39 is 15.1 Å². The number of sulfone groups is 1. The van der Waals surface area contributed by atoms with Crippen molar-refractivity contribution in [1.29, 1.82) is 0 Å². The predicted molar refractivity (Wildman–Crippen MR) is 90.4 cm³/mol. The first-order valence-electron chi connectivity index (χ1n) is 7.18. The van der Waals surface area contributed by atoms with Crippen molar-refractivity contribution in [2.45, 2.75) is 23.8 Å². The third-order valence-corrected chi connectivity index (χ3v) is 6.50. The molecule has 0 saturated carbocycles. The lowest BCUT2D eigenvalue weighted by Crippen LogP contribution is -2.18. The maximum Gasteiger partial charge on any atom is 0.167 e. The molecule has 1 aliphatic carbocycles. The van der Waals surface area contributed by atoms with E-state index in [4.69, 9.17) is 0 Å². The van der Waals surface area contributed by atoms with Crippen LogP contribution in [-0.2, 0) is 15.6 Å². The van der Waals surface area contributed by atoms with Crippen LogP contribution in [0.5, 0.6) is 0 Å². The first-order valence-corrected chi connectivity index (χ1v) is 9.78. The van der Waals surface area contributed by atoms with E-state index in [9.17, 15) is 8.42 Å². The van der Waals surface area contributed by atoms with Crippen LogP contribution in [0.3, 0.4) is 0 Å². The Morgan fingerprint density at radius 3 is 2.64 bits per heavy atom. The van der Waals surface area contributed by atoms with E-state index in [-0.39, 0.29) is 5.75 Å². The largest absolute Gasteiger partial charge is 0.249 e. The molecule has 1 aromatic heterocycles. The topological polar surface area (TPSA) is 47.0 Å². The highest BCUT2D eigenvalue weighted by molar-refractivity contribution is 7.91. The molecule has 1 aromatic carbocycles. The second kappa shape index (κ2) is 6.58. The summed E-state index contributed by atoms with van der Waals surface area (Å²) in [6.45, 7) is 0. The van der Waals surface area contributed by atoms with Crippen LogP contribution >= 0.6 is 11.3 Å². The van der Waals surface area contributed by atoms with Gasteiger partial charge >= 0.3 is 0 Å². The molecule has 1 heterocycles. The van der Waals surface area contributed by atoms with E-state index in [1.54, 1.807) is 6.20 Å². The van der Waals surface area contributed by atoms with Crippen LogP contribution in [0.25, 0.3) is 0 Å². The van der Waals surface area contributed by atoms with Gasteiger partial charge in [0.05, 0.1) is 0 Å². The van der Waals surface area contributed by atoms with E-state index in [2.05, 4.69) is 4.98 Å². The normalized spacial score (nSPS) is 16.3. The van der Waals surface area contributed by atoms with Crippen molar-refractivity contribution in [2.24, 2.45) is 0 Å². The molecule has 0 amide bonds. The van der Waals surface area contributed by atoms with Gasteiger partial charge in [-0.2, -0.15) is 0 Å². The molecule has 0 spiro atoms. The van der Waals surface area contributed by atoms with E-state index >= 15 is 0 Å². The van der Waals surface area contributed by atoms with Gasteiger partial charge in [0.25, 0.3) is 0 Å². The molecule has 1 atom stereocenters. The van der Waals surface area contributed by atoms with Crippen LogP contribution in [0.4, 0.5) is 0 Å². The van der Waals surface area contributed by atoms with Crippen LogP contribution < -0.4 is 0 Å². The number of hydrogen-bond acceptors (Lipinski definition) is 4. The Hall–Kier alpha value is -1.72. The number of hydrogen-bond donors (Lipinski definition) is 0. The van der Waals surface area contributed by atoms with Gasteiger partial charge in [-0.3, -0.25) is 0 Å². The third kappa shape index (κ3) is 3.36. The SMILES string of the molecule is O=S(=O)(Cc1nccs1)C(C1=CCCC=C1)c1ccccc1. The lowest BCUT2D eigenvalue weighted by Gasteiger charge is -2.20. The summed E-state index contributed by atoms with van der Waals surface area (Å²) in [5.74, 6) is -0.0184. The number of thiazole rings is 1. The molecule has 1 aliphatic rings. The highest BCUT2D eigenvalue weighted by atomic mass is 32.2. The van der Waals surface area contributed by atoms with Gasteiger partial charge in [0.2, 0.25) is 0 Å². The summed E-state index contributed by atoms with van der Waals surface area (Å²) in [5.41, 5.74) is 1.69. The Morgan fingerprint density at radius 2 is 2.00 bits per heavy atom. The van der Waals surface area contributed by atoms with Gasteiger partial charge in [0.1, 0.15) is 16.0 Å². The quantitative estimate of drug-likeness (QED) is 0.829. The zero-order valence-electron chi connectivity index (χ0n) is 12.1. The van der Waals surface area contributed by atoms with Crippen molar-refractivity contribution in [1.82, 2.24) is 4.98 Å². The molecule has 1 unspecified atom stereocenters. The molecule has 2 aromatic rings. The van der Waals surface area contributed by atoms with Crippen molar-refractivity contribution < 1.29 is 8.42 Å². The minimum absolute atomic E-state index is 0.0184. The molecule has 22 heavy (non-hydrogen) atoms. The molecule has 0 N–H and O–H groups in total. The Morgan fingerprint density at radius 1 is 1.18 bits per heavy atom. The number of benzene rings is 1. The van der Waals surface area contributed by atoms with Crippen LogP contribution in [0.1, 0.15) is 28.7 Å². The molecular weight excluding hydrogens is 314 g/mol. The first-order chi connectivity index (χ1) is 10.7. The smallest absolute Gasteiger partial charge is 0.167 e. The zero-order chi connectivity index (χ0) is 15.4. The fourth-order valence-electron chi connectivity index (χ4n) is 2.64. The second-order valence-electron chi connectivity index (χ2n) is 5.21. The summed E-state index contributed by atoms with van der Waals surface area (Å²) in [5, 5.41) is 1.83. The molecule has 3 rings (SSSR count). The molecule has 0 radical (unpaired) electrons. The van der Waals surface area contributed by atoms with Crippen LogP contribution in [-0.4, -0.2) is 13.4 Å². The fraction of sp³-hybridized carbons (Fsp3) is 0.235. The number of rotatable bonds is 5. The minimum Gasteiger partial charge on any atom is -0.249 e. The van der Waals surface area contributed by atoms with Crippen molar-refractivity contribution in [3.05, 3.63) is 76.3 Å². The third-order valence-electron chi connectivity index (χ3n) is 3.60. The van der Waals surface area contributed by atoms with Crippen molar-refractivity contribution >= 4 is 21.2 Å². The van der Waals surface area contributed by atoms with Crippen molar-refractivity contribution in [3.63, 3.8) is 0 Å². The highest BCUT2D eigenvalue weighted by Crippen LogP contribution is 2.35. The Balaban J connectivity index is 2.01. The average molecular weight is 331 g/mol. The molecule has 5 heteroatoms. The Kier molecular flexibility index (Phi) is 4.55. The summed E-state index contributed by atoms with van der Waals surface area (Å²) in [6.07, 6.45) is 9.54. The van der Waals surface area contributed by atoms with Gasteiger partial charge in [-0.05, 0) is 24.0 Å². The summed E-state index contributed by atoms with van der Waals surface area (Å²) in [4.78, 5) is 4.12. The monoisotopic (exact) mass is 331 g/mol. The van der Waals surface area contributed by atoms with Crippen LogP contribution in [0.15, 0.2) is 65.7 Å². The fourth-order valence-corrected chi connectivity index (χ4v) is 5.55.